The number of fused-ring (bicyclic) bond motifs is 1. The van der Waals surface area contributed by atoms with Gasteiger partial charge < -0.3 is 0 Å². The second kappa shape index (κ2) is 3.48. The van der Waals surface area contributed by atoms with Crippen molar-refractivity contribution in [2.75, 3.05) is 0 Å². The van der Waals surface area contributed by atoms with Crippen LogP contribution in [0, 0.1) is 0 Å². The number of nitrogens with zero attached hydrogens (tertiary/aromatic N) is 3. The third-order valence-electron chi connectivity index (χ3n) is 2.51. The monoisotopic (exact) mass is 225 g/mol. The maximum atomic E-state index is 11.7. The Kier molecular flexibility index (Phi) is 1.98. The van der Waals surface area contributed by atoms with Crippen LogP contribution in [0.15, 0.2) is 42.5 Å². The van der Waals surface area contributed by atoms with E-state index in [-0.39, 0.29) is 17.3 Å². The van der Waals surface area contributed by atoms with Gasteiger partial charge in [0.1, 0.15) is 11.2 Å². The van der Waals surface area contributed by atoms with Gasteiger partial charge in [0.15, 0.2) is 5.78 Å². The summed E-state index contributed by atoms with van der Waals surface area (Å²) in [5.74, 6) is -0.473. The number of hydrogen-bond donors (Lipinski definition) is 0. The molecule has 0 aliphatic heterocycles. The minimum atomic E-state index is -0.250. The Hall–Kier alpha value is -2.56. The van der Waals surface area contributed by atoms with E-state index in [2.05, 4.69) is 10.3 Å². The Balaban J connectivity index is 2.22. The first-order chi connectivity index (χ1) is 8.25. The van der Waals surface area contributed by atoms with Gasteiger partial charge in [0, 0.05) is 6.08 Å². The first-order valence-corrected chi connectivity index (χ1v) is 5.04. The fraction of sp³-hybridized carbons (Fsp3) is 0. The van der Waals surface area contributed by atoms with E-state index in [1.165, 1.54) is 22.9 Å². The molecule has 1 heterocycles. The molecule has 82 valence electrons. The number of hydrogen-bond acceptors (Lipinski definition) is 4. The molecule has 1 aliphatic carbocycles. The molecule has 0 fully saturated rings. The van der Waals surface area contributed by atoms with Crippen LogP contribution < -0.4 is 0 Å². The molecule has 17 heavy (non-hydrogen) atoms. The van der Waals surface area contributed by atoms with Gasteiger partial charge in [-0.3, -0.25) is 9.59 Å². The van der Waals surface area contributed by atoms with Gasteiger partial charge in [-0.15, -0.1) is 5.10 Å². The second-order valence-corrected chi connectivity index (χ2v) is 3.62. The number of ketones is 2. The molecule has 1 aromatic heterocycles. The average molecular weight is 225 g/mol. The summed E-state index contributed by atoms with van der Waals surface area (Å²) < 4.78 is 1.39. The SMILES string of the molecule is O=C1C=CC(=O)C(n2nnc3ccccc32)=C1. The zero-order valence-corrected chi connectivity index (χ0v) is 8.70. The molecule has 0 radical (unpaired) electrons. The fourth-order valence-electron chi connectivity index (χ4n) is 1.71. The highest BCUT2D eigenvalue weighted by molar-refractivity contribution is 6.30. The Labute approximate surface area is 96.0 Å². The van der Waals surface area contributed by atoms with Gasteiger partial charge in [0.2, 0.25) is 5.78 Å². The number of benzene rings is 1. The second-order valence-electron chi connectivity index (χ2n) is 3.62. The lowest BCUT2D eigenvalue weighted by atomic mass is 10.1. The van der Waals surface area contributed by atoms with Crippen molar-refractivity contribution in [2.45, 2.75) is 0 Å². The van der Waals surface area contributed by atoms with E-state index in [1.807, 2.05) is 12.1 Å². The summed E-state index contributed by atoms with van der Waals surface area (Å²) in [6.45, 7) is 0. The number of carbonyl (C=O) groups is 2. The summed E-state index contributed by atoms with van der Waals surface area (Å²) in [7, 11) is 0. The molecule has 0 saturated carbocycles. The van der Waals surface area contributed by atoms with Crippen LogP contribution in [0.2, 0.25) is 0 Å². The van der Waals surface area contributed by atoms with Crippen LogP contribution >= 0.6 is 0 Å². The van der Waals surface area contributed by atoms with Gasteiger partial charge in [-0.05, 0) is 24.3 Å². The Morgan fingerprint density at radius 1 is 1.06 bits per heavy atom. The molecule has 3 rings (SSSR count). The van der Waals surface area contributed by atoms with Crippen molar-refractivity contribution in [1.82, 2.24) is 15.0 Å². The maximum absolute atomic E-state index is 11.7. The number of carbonyl (C=O) groups excluding carboxylic acids is 2. The van der Waals surface area contributed by atoms with E-state index >= 15 is 0 Å². The third kappa shape index (κ3) is 1.48. The van der Waals surface area contributed by atoms with Crippen LogP contribution in [0.3, 0.4) is 0 Å². The van der Waals surface area contributed by atoms with Crippen molar-refractivity contribution in [3.63, 3.8) is 0 Å². The predicted octanol–water partition coefficient (Wildman–Crippen LogP) is 0.980. The number of aromatic nitrogens is 3. The maximum Gasteiger partial charge on any atom is 0.204 e. The topological polar surface area (TPSA) is 64.8 Å². The molecule has 1 aliphatic rings. The summed E-state index contributed by atoms with van der Waals surface area (Å²) in [6, 6.07) is 7.26. The zero-order chi connectivity index (χ0) is 11.8. The highest BCUT2D eigenvalue weighted by Crippen LogP contribution is 2.17. The van der Waals surface area contributed by atoms with Crippen LogP contribution in [0.5, 0.6) is 0 Å². The largest absolute Gasteiger partial charge is 0.290 e. The van der Waals surface area contributed by atoms with Gasteiger partial charge >= 0.3 is 0 Å². The van der Waals surface area contributed by atoms with E-state index in [9.17, 15) is 9.59 Å². The van der Waals surface area contributed by atoms with Gasteiger partial charge in [-0.1, -0.05) is 17.3 Å². The van der Waals surface area contributed by atoms with Crippen LogP contribution in [0.1, 0.15) is 0 Å². The molecule has 0 saturated heterocycles. The lowest BCUT2D eigenvalue weighted by Crippen LogP contribution is -2.13. The van der Waals surface area contributed by atoms with Crippen molar-refractivity contribution < 1.29 is 9.59 Å². The first kappa shape index (κ1) is 9.65. The lowest BCUT2D eigenvalue weighted by molar-refractivity contribution is -0.113. The molecule has 0 spiro atoms. The molecule has 1 aromatic carbocycles. The van der Waals surface area contributed by atoms with Crippen LogP contribution in [-0.4, -0.2) is 26.6 Å². The number of allylic oxidation sites excluding steroid dienone is 4. The van der Waals surface area contributed by atoms with Gasteiger partial charge in [-0.25, -0.2) is 4.68 Å². The van der Waals surface area contributed by atoms with Crippen LogP contribution in [-0.2, 0) is 9.59 Å². The average Bonchev–Trinajstić information content (AvgIpc) is 2.76. The number of para-hydroxylation sites is 1. The summed E-state index contributed by atoms with van der Waals surface area (Å²) in [4.78, 5) is 23.0. The molecule has 5 nitrogen and oxygen atoms in total. The predicted molar refractivity (Wildman–Crippen MR) is 61.0 cm³/mol. The van der Waals surface area contributed by atoms with E-state index in [0.29, 0.717) is 11.0 Å². The summed E-state index contributed by atoms with van der Waals surface area (Å²) in [5, 5.41) is 7.83. The highest BCUT2D eigenvalue weighted by Gasteiger charge is 2.18. The Bertz CT molecular complexity index is 695. The number of rotatable bonds is 1. The quantitative estimate of drug-likeness (QED) is 0.678. The van der Waals surface area contributed by atoms with Crippen LogP contribution in [0.4, 0.5) is 0 Å². The molecule has 5 heteroatoms. The smallest absolute Gasteiger partial charge is 0.204 e. The van der Waals surface area contributed by atoms with Crippen molar-refractivity contribution in [3.05, 3.63) is 42.5 Å². The van der Waals surface area contributed by atoms with Gasteiger partial charge in [0.05, 0.1) is 5.52 Å². The van der Waals surface area contributed by atoms with Gasteiger partial charge in [-0.2, -0.15) is 0 Å². The minimum absolute atomic E-state index is 0.223. The molecule has 0 unspecified atom stereocenters. The van der Waals surface area contributed by atoms with Crippen molar-refractivity contribution in [1.29, 1.82) is 0 Å². The van der Waals surface area contributed by atoms with Gasteiger partial charge in [0.25, 0.3) is 0 Å². The zero-order valence-electron chi connectivity index (χ0n) is 8.70. The van der Waals surface area contributed by atoms with Crippen molar-refractivity contribution >= 4 is 28.3 Å². The highest BCUT2D eigenvalue weighted by atomic mass is 16.1. The van der Waals surface area contributed by atoms with Crippen molar-refractivity contribution in [2.24, 2.45) is 0 Å². The molecular weight excluding hydrogens is 218 g/mol. The normalized spacial score (nSPS) is 15.4. The lowest BCUT2D eigenvalue weighted by Gasteiger charge is -2.06. The van der Waals surface area contributed by atoms with E-state index < -0.39 is 0 Å². The Morgan fingerprint density at radius 2 is 1.88 bits per heavy atom. The summed E-state index contributed by atoms with van der Waals surface area (Å²) in [6.07, 6.45) is 3.75. The molecule has 0 N–H and O–H groups in total. The van der Waals surface area contributed by atoms with E-state index in [1.54, 1.807) is 12.1 Å². The van der Waals surface area contributed by atoms with E-state index in [0.717, 1.165) is 0 Å². The summed E-state index contributed by atoms with van der Waals surface area (Å²) in [5.41, 5.74) is 1.62. The Morgan fingerprint density at radius 3 is 2.76 bits per heavy atom. The molecule has 2 aromatic rings. The summed E-state index contributed by atoms with van der Waals surface area (Å²) >= 11 is 0. The molecule has 0 amide bonds. The first-order valence-electron chi connectivity index (χ1n) is 5.04. The molecule has 0 atom stereocenters. The van der Waals surface area contributed by atoms with E-state index in [4.69, 9.17) is 0 Å². The van der Waals surface area contributed by atoms with Crippen LogP contribution in [0.25, 0.3) is 16.7 Å². The molecular formula is C12H7N3O2. The fourth-order valence-corrected chi connectivity index (χ4v) is 1.71. The third-order valence-corrected chi connectivity index (χ3v) is 2.51. The standard InChI is InChI=1S/C12H7N3O2/c16-8-5-6-12(17)11(7-8)15-10-4-2-1-3-9(10)13-14-15/h1-7H. The van der Waals surface area contributed by atoms with Crippen molar-refractivity contribution in [3.8, 4) is 0 Å². The minimum Gasteiger partial charge on any atom is -0.290 e. The molecule has 0 bridgehead atoms.